The van der Waals surface area contributed by atoms with E-state index in [9.17, 15) is 9.59 Å². The Labute approximate surface area is 223 Å². The number of carbonyl (C=O) groups is 2. The molecule has 1 aliphatic carbocycles. The van der Waals surface area contributed by atoms with Crippen molar-refractivity contribution in [1.29, 1.82) is 5.41 Å². The third kappa shape index (κ3) is 5.44. The lowest BCUT2D eigenvalue weighted by molar-refractivity contribution is -0.148. The summed E-state index contributed by atoms with van der Waals surface area (Å²) < 4.78 is 5.77. The van der Waals surface area contributed by atoms with Crippen LogP contribution in [0.15, 0.2) is 24.3 Å². The van der Waals surface area contributed by atoms with Crippen molar-refractivity contribution in [1.82, 2.24) is 4.98 Å². The van der Waals surface area contributed by atoms with Crippen LogP contribution in [-0.4, -0.2) is 54.1 Å². The predicted octanol–water partition coefficient (Wildman–Crippen LogP) is 4.48. The summed E-state index contributed by atoms with van der Waals surface area (Å²) in [4.78, 5) is 33.2. The van der Waals surface area contributed by atoms with Crippen LogP contribution in [0.5, 0.6) is 0 Å². The SMILES string of the molecule is CC#CC(=O)N(c1ccc(NC)c(C(=N)OC2CC(C(=O)O)C2)n1)c1cc(C)c(C)cc1N1CCC(C)C1. The van der Waals surface area contributed by atoms with Crippen LogP contribution in [0.25, 0.3) is 0 Å². The molecule has 1 saturated heterocycles. The van der Waals surface area contributed by atoms with Gasteiger partial charge >= 0.3 is 11.9 Å². The van der Waals surface area contributed by atoms with E-state index in [2.05, 4.69) is 42.0 Å². The Kier molecular flexibility index (Phi) is 7.91. The first kappa shape index (κ1) is 27.0. The molecule has 1 unspecified atom stereocenters. The second-order valence-corrected chi connectivity index (χ2v) is 10.2. The van der Waals surface area contributed by atoms with E-state index in [1.807, 2.05) is 13.0 Å². The average Bonchev–Trinajstić information content (AvgIpc) is 3.29. The Morgan fingerprint density at radius 3 is 2.55 bits per heavy atom. The van der Waals surface area contributed by atoms with Gasteiger partial charge in [-0.1, -0.05) is 12.8 Å². The minimum Gasteiger partial charge on any atom is -0.481 e. The molecule has 4 rings (SSSR count). The van der Waals surface area contributed by atoms with Crippen LogP contribution in [0.4, 0.5) is 22.9 Å². The molecule has 1 aliphatic heterocycles. The fraction of sp³-hybridized carbons (Fsp3) is 0.448. The van der Waals surface area contributed by atoms with Gasteiger partial charge in [0.2, 0.25) is 5.90 Å². The number of aryl methyl sites for hydroxylation is 2. The highest BCUT2D eigenvalue weighted by Crippen LogP contribution is 2.39. The highest BCUT2D eigenvalue weighted by molar-refractivity contribution is 6.12. The molecule has 0 spiro atoms. The van der Waals surface area contributed by atoms with E-state index < -0.39 is 17.8 Å². The summed E-state index contributed by atoms with van der Waals surface area (Å²) in [6, 6.07) is 7.60. The summed E-state index contributed by atoms with van der Waals surface area (Å²) in [5, 5.41) is 20.8. The second-order valence-electron chi connectivity index (χ2n) is 10.2. The van der Waals surface area contributed by atoms with Gasteiger partial charge in [0.1, 0.15) is 17.6 Å². The standard InChI is InChI=1S/C29H35N5O4/c1-6-7-26(35)34(24-13-19(4)18(3)12-23(24)33-11-10-17(2)16-33)25-9-8-22(31-5)27(32-25)28(30)38-21-14-20(15-21)29(36)37/h8-9,12-13,17,20-21,30-31H,10-11,14-16H2,1-5H3,(H,36,37). The molecule has 1 saturated carbocycles. The Morgan fingerprint density at radius 1 is 1.24 bits per heavy atom. The molecule has 1 aromatic carbocycles. The van der Waals surface area contributed by atoms with Crippen molar-refractivity contribution in [3.63, 3.8) is 0 Å². The lowest BCUT2D eigenvalue weighted by atomic mass is 9.82. The first-order valence-electron chi connectivity index (χ1n) is 12.9. The van der Waals surface area contributed by atoms with Gasteiger partial charge in [-0.3, -0.25) is 19.9 Å². The van der Waals surface area contributed by atoms with Gasteiger partial charge in [0, 0.05) is 20.1 Å². The molecule has 1 amide bonds. The first-order valence-corrected chi connectivity index (χ1v) is 12.9. The summed E-state index contributed by atoms with van der Waals surface area (Å²) >= 11 is 0. The van der Waals surface area contributed by atoms with E-state index >= 15 is 0 Å². The molecule has 200 valence electrons. The van der Waals surface area contributed by atoms with Crippen LogP contribution in [-0.2, 0) is 14.3 Å². The van der Waals surface area contributed by atoms with Gasteiger partial charge in [0.05, 0.1) is 23.0 Å². The monoisotopic (exact) mass is 517 g/mol. The van der Waals surface area contributed by atoms with E-state index in [1.165, 1.54) is 4.90 Å². The molecule has 2 aromatic rings. The largest absolute Gasteiger partial charge is 0.481 e. The number of aromatic nitrogens is 1. The van der Waals surface area contributed by atoms with Crippen LogP contribution in [0.3, 0.4) is 0 Å². The highest BCUT2D eigenvalue weighted by Gasteiger charge is 2.37. The summed E-state index contributed by atoms with van der Waals surface area (Å²) in [5.74, 6) is 4.36. The minimum atomic E-state index is -0.852. The van der Waals surface area contributed by atoms with Gasteiger partial charge in [-0.15, -0.1) is 0 Å². The molecule has 2 aliphatic rings. The number of hydrogen-bond acceptors (Lipinski definition) is 7. The number of carboxylic acid groups (broad SMARTS) is 1. The van der Waals surface area contributed by atoms with Crippen LogP contribution in [0.1, 0.15) is 49.9 Å². The number of benzene rings is 1. The number of nitrogens with zero attached hydrogens (tertiary/aromatic N) is 3. The molecular formula is C29H35N5O4. The molecule has 1 atom stereocenters. The Bertz CT molecular complexity index is 1320. The van der Waals surface area contributed by atoms with Crippen LogP contribution < -0.4 is 15.1 Å². The van der Waals surface area contributed by atoms with Gasteiger partial charge < -0.3 is 20.1 Å². The zero-order chi connectivity index (χ0) is 27.6. The summed E-state index contributed by atoms with van der Waals surface area (Å²) in [5.41, 5.74) is 4.62. The van der Waals surface area contributed by atoms with Crippen molar-refractivity contribution < 1.29 is 19.4 Å². The molecular weight excluding hydrogens is 482 g/mol. The molecule has 0 radical (unpaired) electrons. The van der Waals surface area contributed by atoms with Crippen molar-refractivity contribution in [2.24, 2.45) is 11.8 Å². The van der Waals surface area contributed by atoms with Crippen molar-refractivity contribution in [2.45, 2.75) is 53.1 Å². The van der Waals surface area contributed by atoms with E-state index in [4.69, 9.17) is 20.2 Å². The van der Waals surface area contributed by atoms with Gasteiger partial charge in [-0.25, -0.2) is 4.98 Å². The Hall–Kier alpha value is -4.06. The number of pyridine rings is 1. The topological polar surface area (TPSA) is 119 Å². The fourth-order valence-corrected chi connectivity index (χ4v) is 4.91. The van der Waals surface area contributed by atoms with Crippen LogP contribution >= 0.6 is 0 Å². The van der Waals surface area contributed by atoms with E-state index in [1.54, 1.807) is 26.1 Å². The summed E-state index contributed by atoms with van der Waals surface area (Å²) in [6.07, 6.45) is 1.42. The molecule has 2 heterocycles. The Balaban J connectivity index is 1.76. The molecule has 1 aromatic heterocycles. The van der Waals surface area contributed by atoms with Crippen molar-refractivity contribution in [3.05, 3.63) is 41.1 Å². The quantitative estimate of drug-likeness (QED) is 0.281. The van der Waals surface area contributed by atoms with Crippen molar-refractivity contribution >= 4 is 40.7 Å². The van der Waals surface area contributed by atoms with Crippen LogP contribution in [0.2, 0.25) is 0 Å². The van der Waals surface area contributed by atoms with Gasteiger partial charge in [0.15, 0.2) is 0 Å². The maximum Gasteiger partial charge on any atom is 0.308 e. The van der Waals surface area contributed by atoms with E-state index in [0.717, 1.165) is 36.3 Å². The Morgan fingerprint density at radius 2 is 1.95 bits per heavy atom. The number of carboxylic acids is 1. The number of amides is 1. The predicted molar refractivity (Wildman–Crippen MR) is 148 cm³/mol. The zero-order valence-corrected chi connectivity index (χ0v) is 22.6. The van der Waals surface area contributed by atoms with E-state index in [0.29, 0.717) is 36.0 Å². The third-order valence-corrected chi connectivity index (χ3v) is 7.35. The van der Waals surface area contributed by atoms with Gasteiger partial charge in [-0.05, 0) is 87.3 Å². The normalized spacial score (nSPS) is 20.1. The smallest absolute Gasteiger partial charge is 0.308 e. The number of rotatable bonds is 7. The van der Waals surface area contributed by atoms with Gasteiger partial charge in [0.25, 0.3) is 0 Å². The number of ether oxygens (including phenoxy) is 1. The highest BCUT2D eigenvalue weighted by atomic mass is 16.5. The summed E-state index contributed by atoms with van der Waals surface area (Å²) in [7, 11) is 1.72. The maximum absolute atomic E-state index is 13.5. The van der Waals surface area contributed by atoms with Crippen molar-refractivity contribution in [3.8, 4) is 11.8 Å². The fourth-order valence-electron chi connectivity index (χ4n) is 4.91. The second kappa shape index (κ2) is 11.1. The molecule has 3 N–H and O–H groups in total. The molecule has 9 nitrogen and oxygen atoms in total. The number of nitrogens with one attached hydrogen (secondary N) is 2. The molecule has 2 fully saturated rings. The number of hydrogen-bond donors (Lipinski definition) is 3. The van der Waals surface area contributed by atoms with Gasteiger partial charge in [-0.2, -0.15) is 0 Å². The number of carbonyl (C=O) groups excluding carboxylic acids is 1. The zero-order valence-electron chi connectivity index (χ0n) is 22.6. The number of anilines is 4. The van der Waals surface area contributed by atoms with E-state index in [-0.39, 0.29) is 17.7 Å². The number of aliphatic carboxylic acids is 1. The molecule has 9 heteroatoms. The lowest BCUT2D eigenvalue weighted by Crippen LogP contribution is -2.38. The van der Waals surface area contributed by atoms with Crippen LogP contribution in [0, 0.1) is 42.9 Å². The molecule has 0 bridgehead atoms. The lowest BCUT2D eigenvalue weighted by Gasteiger charge is -2.32. The maximum atomic E-state index is 13.5. The third-order valence-electron chi connectivity index (χ3n) is 7.35. The summed E-state index contributed by atoms with van der Waals surface area (Å²) in [6.45, 7) is 9.71. The molecule has 38 heavy (non-hydrogen) atoms. The average molecular weight is 518 g/mol. The minimum absolute atomic E-state index is 0.173. The first-order chi connectivity index (χ1) is 18.1. The van der Waals surface area contributed by atoms with Crippen molar-refractivity contribution in [2.75, 3.05) is 35.3 Å².